The minimum absolute atomic E-state index is 0.0620. The van der Waals surface area contributed by atoms with Gasteiger partial charge in [0.05, 0.1) is 17.5 Å². The number of thiophene rings is 1. The van der Waals surface area contributed by atoms with Gasteiger partial charge in [0.1, 0.15) is 11.6 Å². The molecule has 0 saturated carbocycles. The molecule has 1 aliphatic heterocycles. The van der Waals surface area contributed by atoms with E-state index in [1.165, 1.54) is 0 Å². The summed E-state index contributed by atoms with van der Waals surface area (Å²) >= 11 is 1.61. The maximum absolute atomic E-state index is 5.46. The number of aromatic nitrogens is 5. The Balaban J connectivity index is 1.54. The molecular weight excluding hydrogens is 300 g/mol. The number of aryl methyl sites for hydroxylation is 1. The number of nitrogens with zero attached hydrogens (tertiary/aromatic N) is 6. The molecule has 0 aliphatic carbocycles. The summed E-state index contributed by atoms with van der Waals surface area (Å²) in [5.74, 6) is 3.27. The molecule has 0 saturated heterocycles. The van der Waals surface area contributed by atoms with Gasteiger partial charge in [-0.3, -0.25) is 4.90 Å². The van der Waals surface area contributed by atoms with Crippen LogP contribution < -0.4 is 0 Å². The zero-order chi connectivity index (χ0) is 15.1. The SMILES string of the molecule is Cc1nnc2n1CCN([C@@H](C)c1nc(-c3cccs3)no1)C2. The standard InChI is InChI=1S/C14H16N6OS/c1-9(14-15-13(18-21-14)11-4-3-7-22-11)19-5-6-20-10(2)16-17-12(20)8-19/h3-4,7,9H,5-6,8H2,1-2H3/t9-/m0/s1. The Morgan fingerprint density at radius 1 is 1.32 bits per heavy atom. The van der Waals surface area contributed by atoms with Gasteiger partial charge in [-0.1, -0.05) is 11.2 Å². The Morgan fingerprint density at radius 2 is 2.23 bits per heavy atom. The predicted octanol–water partition coefficient (Wildman–Crippen LogP) is 2.27. The highest BCUT2D eigenvalue weighted by Gasteiger charge is 2.27. The summed E-state index contributed by atoms with van der Waals surface area (Å²) in [5.41, 5.74) is 0. The first kappa shape index (κ1) is 13.6. The van der Waals surface area contributed by atoms with Gasteiger partial charge in [-0.05, 0) is 25.3 Å². The van der Waals surface area contributed by atoms with Crippen molar-refractivity contribution in [2.24, 2.45) is 0 Å². The molecule has 3 aromatic rings. The molecule has 0 amide bonds. The fraction of sp³-hybridized carbons (Fsp3) is 0.429. The lowest BCUT2D eigenvalue weighted by molar-refractivity contribution is 0.135. The number of rotatable bonds is 3. The van der Waals surface area contributed by atoms with E-state index in [1.54, 1.807) is 11.3 Å². The van der Waals surface area contributed by atoms with Gasteiger partial charge in [0.2, 0.25) is 11.7 Å². The zero-order valence-corrected chi connectivity index (χ0v) is 13.2. The maximum Gasteiger partial charge on any atom is 0.244 e. The minimum atomic E-state index is 0.0620. The van der Waals surface area contributed by atoms with Crippen LogP contribution in [0.15, 0.2) is 22.0 Å². The van der Waals surface area contributed by atoms with Gasteiger partial charge in [0, 0.05) is 13.1 Å². The van der Waals surface area contributed by atoms with Crippen LogP contribution in [0.4, 0.5) is 0 Å². The largest absolute Gasteiger partial charge is 0.337 e. The van der Waals surface area contributed by atoms with Crippen LogP contribution in [-0.4, -0.2) is 36.3 Å². The van der Waals surface area contributed by atoms with E-state index in [1.807, 2.05) is 24.4 Å². The van der Waals surface area contributed by atoms with Crippen LogP contribution in [-0.2, 0) is 13.1 Å². The molecule has 3 aromatic heterocycles. The lowest BCUT2D eigenvalue weighted by Gasteiger charge is -2.30. The van der Waals surface area contributed by atoms with E-state index in [9.17, 15) is 0 Å². The van der Waals surface area contributed by atoms with Gasteiger partial charge in [-0.15, -0.1) is 21.5 Å². The molecular formula is C14H16N6OS. The van der Waals surface area contributed by atoms with Crippen molar-refractivity contribution >= 4 is 11.3 Å². The van der Waals surface area contributed by atoms with Crippen LogP contribution in [0, 0.1) is 6.92 Å². The monoisotopic (exact) mass is 316 g/mol. The van der Waals surface area contributed by atoms with Crippen molar-refractivity contribution in [1.82, 2.24) is 29.8 Å². The molecule has 0 bridgehead atoms. The van der Waals surface area contributed by atoms with E-state index < -0.39 is 0 Å². The van der Waals surface area contributed by atoms with Crippen LogP contribution in [0.1, 0.15) is 30.5 Å². The van der Waals surface area contributed by atoms with Gasteiger partial charge in [0.15, 0.2) is 0 Å². The van der Waals surface area contributed by atoms with Crippen molar-refractivity contribution in [2.75, 3.05) is 6.54 Å². The Morgan fingerprint density at radius 3 is 3.05 bits per heavy atom. The molecule has 0 spiro atoms. The molecule has 4 heterocycles. The summed E-state index contributed by atoms with van der Waals surface area (Å²) in [5, 5.41) is 14.5. The average molecular weight is 316 g/mol. The van der Waals surface area contributed by atoms with Crippen LogP contribution in [0.3, 0.4) is 0 Å². The minimum Gasteiger partial charge on any atom is -0.337 e. The lowest BCUT2D eigenvalue weighted by Crippen LogP contribution is -2.36. The third kappa shape index (κ3) is 2.24. The zero-order valence-electron chi connectivity index (χ0n) is 12.4. The molecule has 22 heavy (non-hydrogen) atoms. The smallest absolute Gasteiger partial charge is 0.244 e. The second-order valence-corrected chi connectivity index (χ2v) is 6.34. The maximum atomic E-state index is 5.46. The van der Waals surface area contributed by atoms with Gasteiger partial charge in [0.25, 0.3) is 0 Å². The second-order valence-electron chi connectivity index (χ2n) is 5.40. The third-order valence-corrected chi connectivity index (χ3v) is 4.92. The Bertz CT molecular complexity index is 777. The molecule has 1 aliphatic rings. The fourth-order valence-electron chi connectivity index (χ4n) is 2.72. The topological polar surface area (TPSA) is 72.9 Å². The van der Waals surface area contributed by atoms with Gasteiger partial charge in [-0.25, -0.2) is 0 Å². The highest BCUT2D eigenvalue weighted by Crippen LogP contribution is 2.27. The van der Waals surface area contributed by atoms with Crippen LogP contribution in [0.25, 0.3) is 10.7 Å². The first-order valence-corrected chi connectivity index (χ1v) is 8.10. The Labute approximate surface area is 131 Å². The molecule has 0 aromatic carbocycles. The van der Waals surface area contributed by atoms with Crippen molar-refractivity contribution in [3.05, 3.63) is 35.1 Å². The van der Waals surface area contributed by atoms with E-state index in [0.29, 0.717) is 11.7 Å². The number of fused-ring (bicyclic) bond motifs is 1. The molecule has 4 rings (SSSR count). The molecule has 0 N–H and O–H groups in total. The van der Waals surface area contributed by atoms with E-state index in [0.717, 1.165) is 36.2 Å². The Hall–Kier alpha value is -2.06. The summed E-state index contributed by atoms with van der Waals surface area (Å²) in [6, 6.07) is 4.04. The second kappa shape index (κ2) is 5.29. The first-order valence-electron chi connectivity index (χ1n) is 7.22. The summed E-state index contributed by atoms with van der Waals surface area (Å²) in [7, 11) is 0. The van der Waals surface area contributed by atoms with Crippen LogP contribution in [0.5, 0.6) is 0 Å². The third-order valence-electron chi connectivity index (χ3n) is 4.06. The Kier molecular flexibility index (Phi) is 3.27. The van der Waals surface area contributed by atoms with Gasteiger partial charge >= 0.3 is 0 Å². The van der Waals surface area contributed by atoms with E-state index in [-0.39, 0.29) is 6.04 Å². The first-order chi connectivity index (χ1) is 10.7. The summed E-state index contributed by atoms with van der Waals surface area (Å²) in [4.78, 5) is 7.85. The highest BCUT2D eigenvalue weighted by atomic mass is 32.1. The summed E-state index contributed by atoms with van der Waals surface area (Å²) < 4.78 is 7.62. The average Bonchev–Trinajstić information content (AvgIpc) is 3.27. The van der Waals surface area contributed by atoms with Crippen molar-refractivity contribution in [3.8, 4) is 10.7 Å². The summed E-state index contributed by atoms with van der Waals surface area (Å²) in [6.07, 6.45) is 0. The van der Waals surface area contributed by atoms with E-state index >= 15 is 0 Å². The molecule has 0 unspecified atom stereocenters. The molecule has 0 fully saturated rings. The van der Waals surface area contributed by atoms with Crippen LogP contribution in [0.2, 0.25) is 0 Å². The van der Waals surface area contributed by atoms with Crippen LogP contribution >= 0.6 is 11.3 Å². The van der Waals surface area contributed by atoms with Crippen molar-refractivity contribution in [2.45, 2.75) is 33.0 Å². The normalized spacial score (nSPS) is 16.6. The number of hydrogen-bond acceptors (Lipinski definition) is 7. The molecule has 1 atom stereocenters. The highest BCUT2D eigenvalue weighted by molar-refractivity contribution is 7.13. The van der Waals surface area contributed by atoms with Gasteiger partial charge < -0.3 is 9.09 Å². The van der Waals surface area contributed by atoms with E-state index in [2.05, 4.69) is 36.7 Å². The van der Waals surface area contributed by atoms with Crippen molar-refractivity contribution in [1.29, 1.82) is 0 Å². The fourth-order valence-corrected chi connectivity index (χ4v) is 3.37. The van der Waals surface area contributed by atoms with Crippen molar-refractivity contribution < 1.29 is 4.52 Å². The summed E-state index contributed by atoms with van der Waals surface area (Å²) in [6.45, 7) is 6.64. The lowest BCUT2D eigenvalue weighted by atomic mass is 10.2. The molecule has 0 radical (unpaired) electrons. The van der Waals surface area contributed by atoms with Gasteiger partial charge in [-0.2, -0.15) is 4.98 Å². The van der Waals surface area contributed by atoms with E-state index in [4.69, 9.17) is 4.52 Å². The molecule has 114 valence electrons. The van der Waals surface area contributed by atoms with Crippen molar-refractivity contribution in [3.63, 3.8) is 0 Å². The molecule has 7 nitrogen and oxygen atoms in total. The quantitative estimate of drug-likeness (QED) is 0.738. The predicted molar refractivity (Wildman–Crippen MR) is 81.2 cm³/mol. The number of hydrogen-bond donors (Lipinski definition) is 0. The molecule has 8 heteroatoms.